The number of aliphatic hydroxyl groups is 4. The predicted molar refractivity (Wildman–Crippen MR) is 513 cm³/mol. The molecule has 0 saturated heterocycles. The van der Waals surface area contributed by atoms with Gasteiger partial charge in [-0.05, 0) is 121 Å². The molecular weight excluding hydrogens is 2000 g/mol. The maximum absolute atomic E-state index is 14.5. The van der Waals surface area contributed by atoms with E-state index >= 15 is 0 Å². The van der Waals surface area contributed by atoms with Gasteiger partial charge in [0.2, 0.25) is 124 Å². The van der Waals surface area contributed by atoms with Gasteiger partial charge in [0.15, 0.2) is 0 Å². The highest BCUT2D eigenvalue weighted by molar-refractivity contribution is 7.98. The number of aromatic nitrogens is 2. The van der Waals surface area contributed by atoms with Crippen LogP contribution in [0.3, 0.4) is 0 Å². The van der Waals surface area contributed by atoms with E-state index in [2.05, 4.69) is 102 Å². The van der Waals surface area contributed by atoms with E-state index in [1.54, 1.807) is 39.3 Å². The minimum absolute atomic E-state index is 0.0211. The molecule has 0 radical (unpaired) electrons. The molecule has 826 valence electrons. The Bertz CT molecular complexity index is 4680. The highest BCUT2D eigenvalue weighted by atomic mass is 32.2. The molecule has 1 aromatic heterocycles. The summed E-state index contributed by atoms with van der Waals surface area (Å²) in [4.78, 5) is 352. The SMILES string of the molecule is CSCC[C@H](NC(=O)[C@H](CO)NC(=O)[C@@H](N)CS)C(=O)N[C@H](C(=O)N[C@@H](C)C(=O)N[C@@H](CC(C)C)C(=O)NCC(=O)N[C@@H](CCCCN)C(=O)N[C@@H](CCC(N)=O)C(=O)N[C@@H](Cc1cnc[nH]1)C(=O)N[C@@H](CO)C(=O)N[C@@H](CCC(=O)O)C(=O)N[C@@H](CCC(=O)O)C(=O)N[C@@H](C)C(=O)N[C@@H](CO)C(=O)N[C@@H](CCCCN)C(=O)N[C@@H](CC(=O)O)C(=O)N[C@@H](CC(N)=O)C(=O)N[C@@H](CO)C(=O)N[C@@H](CC(=O)O)C(=O)O)C(C)C. The third kappa shape index (κ3) is 51.0. The molecule has 0 aliphatic rings. The van der Waals surface area contributed by atoms with E-state index in [-0.39, 0.29) is 75.4 Å². The van der Waals surface area contributed by atoms with Crippen molar-refractivity contribution >= 4 is 178 Å². The number of rotatable bonds is 75. The zero-order valence-electron chi connectivity index (χ0n) is 81.7. The maximum Gasteiger partial charge on any atom is 0.326 e. The third-order valence-corrected chi connectivity index (χ3v) is 22.3. The van der Waals surface area contributed by atoms with Gasteiger partial charge in [0.05, 0.1) is 64.6 Å². The third-order valence-electron chi connectivity index (χ3n) is 21.3. The molecule has 0 fully saturated rings. The summed E-state index contributed by atoms with van der Waals surface area (Å²) in [6.07, 6.45) is -5.09. The van der Waals surface area contributed by atoms with E-state index in [1.807, 2.05) is 16.0 Å². The number of primary amides is 2. The second-order valence-corrected chi connectivity index (χ2v) is 35.6. The fraction of sp³-hybridized carbons (Fsp3) is 0.655. The molecule has 63 heteroatoms. The number of H-pyrrole nitrogens is 1. The van der Waals surface area contributed by atoms with E-state index in [9.17, 15) is 166 Å². The summed E-state index contributed by atoms with van der Waals surface area (Å²) in [5.41, 5.74) is 27.9. The first-order valence-electron chi connectivity index (χ1n) is 46.1. The van der Waals surface area contributed by atoms with Gasteiger partial charge in [0.1, 0.15) is 109 Å². The van der Waals surface area contributed by atoms with Crippen molar-refractivity contribution in [3.63, 3.8) is 0 Å². The topological polar surface area (TPSA) is 1010 Å². The quantitative estimate of drug-likeness (QED) is 0.0213. The Balaban J connectivity index is 3.57. The Kier molecular flexibility index (Phi) is 61.4. The first kappa shape index (κ1) is 131. The Hall–Kier alpha value is -14.1. The van der Waals surface area contributed by atoms with Crippen molar-refractivity contribution in [3.05, 3.63) is 18.2 Å². The van der Waals surface area contributed by atoms with Crippen LogP contribution in [-0.2, 0) is 131 Å². The predicted octanol–water partition coefficient (Wildman–Crippen LogP) is -15.3. The molecule has 0 unspecified atom stereocenters. The zero-order chi connectivity index (χ0) is 112. The number of aliphatic hydroxyl groups excluding tert-OH is 4. The summed E-state index contributed by atoms with van der Waals surface area (Å²) in [5, 5.41) is 131. The lowest BCUT2D eigenvalue weighted by molar-refractivity contribution is -0.147. The number of thioether (sulfide) groups is 1. The number of nitrogens with two attached hydrogens (primary N) is 5. The van der Waals surface area contributed by atoms with Gasteiger partial charge in [-0.1, -0.05) is 27.7 Å². The second-order valence-electron chi connectivity index (χ2n) is 34.2. The highest BCUT2D eigenvalue weighted by Gasteiger charge is 2.41. The zero-order valence-corrected chi connectivity index (χ0v) is 83.4. The van der Waals surface area contributed by atoms with Crippen molar-refractivity contribution in [1.29, 1.82) is 0 Å². The molecule has 21 amide bonds. The molecule has 0 aromatic carbocycles. The van der Waals surface area contributed by atoms with Crippen LogP contribution in [0.15, 0.2) is 12.5 Å². The van der Waals surface area contributed by atoms with E-state index in [4.69, 9.17) is 33.8 Å². The smallest absolute Gasteiger partial charge is 0.326 e. The van der Waals surface area contributed by atoms with E-state index in [1.165, 1.54) is 24.9 Å². The first-order valence-corrected chi connectivity index (χ1v) is 48.2. The van der Waals surface area contributed by atoms with Gasteiger partial charge in [-0.25, -0.2) is 9.78 Å². The largest absolute Gasteiger partial charge is 0.481 e. The molecule has 1 rings (SSSR count). The van der Waals surface area contributed by atoms with Crippen molar-refractivity contribution in [1.82, 2.24) is 111 Å². The molecule has 0 aliphatic carbocycles. The van der Waals surface area contributed by atoms with Crippen molar-refractivity contribution in [2.24, 2.45) is 40.5 Å². The van der Waals surface area contributed by atoms with Crippen LogP contribution in [-0.4, -0.2) is 388 Å². The number of carboxylic acids is 5. The Labute approximate surface area is 850 Å². The lowest BCUT2D eigenvalue weighted by atomic mass is 10.0. The van der Waals surface area contributed by atoms with Crippen LogP contribution in [0.25, 0.3) is 0 Å². The van der Waals surface area contributed by atoms with Gasteiger partial charge in [-0.15, -0.1) is 0 Å². The summed E-state index contributed by atoms with van der Waals surface area (Å²) < 4.78 is 0. The van der Waals surface area contributed by atoms with Crippen LogP contribution >= 0.6 is 24.4 Å². The monoisotopic (exact) mass is 2130 g/mol. The lowest BCUT2D eigenvalue weighted by Gasteiger charge is -2.28. The minimum atomic E-state index is -2.23. The van der Waals surface area contributed by atoms with E-state index in [0.29, 0.717) is 5.75 Å². The number of hydrogen-bond donors (Lipinski definition) is 35. The molecule has 147 heavy (non-hydrogen) atoms. The molecular formula is C84H138N26O35S2. The van der Waals surface area contributed by atoms with Gasteiger partial charge in [-0.3, -0.25) is 120 Å². The Morgan fingerprint density at radius 3 is 1.07 bits per heavy atom. The molecule has 61 nitrogen and oxygen atoms in total. The fourth-order valence-corrected chi connectivity index (χ4v) is 13.8. The molecule has 0 aliphatic heterocycles. The Morgan fingerprint density at radius 2 is 0.694 bits per heavy atom. The number of thiol groups is 1. The van der Waals surface area contributed by atoms with Crippen molar-refractivity contribution in [2.75, 3.05) is 63.8 Å². The first-order chi connectivity index (χ1) is 69.0. The fourth-order valence-electron chi connectivity index (χ4n) is 13.2. The van der Waals surface area contributed by atoms with Crippen LogP contribution in [0.2, 0.25) is 0 Å². The summed E-state index contributed by atoms with van der Waals surface area (Å²) in [6.45, 7) is 3.11. The van der Waals surface area contributed by atoms with Crippen molar-refractivity contribution in [2.45, 2.75) is 272 Å². The van der Waals surface area contributed by atoms with E-state index in [0.717, 1.165) is 13.3 Å². The lowest BCUT2D eigenvalue weighted by Crippen LogP contribution is -2.61. The highest BCUT2D eigenvalue weighted by Crippen LogP contribution is 2.15. The number of imidazole rings is 1. The molecule has 19 atom stereocenters. The molecule has 0 saturated carbocycles. The number of hydrogen-bond acceptors (Lipinski definition) is 36. The normalized spacial score (nSPS) is 14.9. The van der Waals surface area contributed by atoms with Crippen LogP contribution in [0, 0.1) is 11.8 Å². The van der Waals surface area contributed by atoms with Gasteiger partial charge in [0, 0.05) is 43.3 Å². The molecule has 39 N–H and O–H groups in total. The summed E-state index contributed by atoms with van der Waals surface area (Å²) in [5.74, 6) is -34.6. The van der Waals surface area contributed by atoms with Crippen LogP contribution < -0.4 is 130 Å². The molecule has 0 bridgehead atoms. The van der Waals surface area contributed by atoms with Gasteiger partial charge < -0.3 is 181 Å². The maximum atomic E-state index is 14.5. The number of unbranched alkanes of at least 4 members (excludes halogenated alkanes) is 2. The van der Waals surface area contributed by atoms with E-state index < -0.39 is 378 Å². The van der Waals surface area contributed by atoms with Gasteiger partial charge in [-0.2, -0.15) is 24.4 Å². The number of aliphatic carboxylic acids is 5. The number of carbonyl (C=O) groups is 26. The summed E-state index contributed by atoms with van der Waals surface area (Å²) in [7, 11) is 0. The number of amides is 21. The molecule has 1 heterocycles. The van der Waals surface area contributed by atoms with Crippen molar-refractivity contribution < 1.29 is 171 Å². The minimum Gasteiger partial charge on any atom is -0.481 e. The number of carbonyl (C=O) groups excluding carboxylic acids is 21. The van der Waals surface area contributed by atoms with Crippen LogP contribution in [0.4, 0.5) is 0 Å². The summed E-state index contributed by atoms with van der Waals surface area (Å²) >= 11 is 5.27. The standard InChI is InChI=1S/C84H138N26O35S2/c1-37(2)24-49(101-66(126)40(6)94-83(143)65(38(3)4)110-75(135)48(20-23-147-7)100-80(140)55(32-112)107-68(128)42(87)35-146)69(129)91-30-60(117)95-43(12-8-10-21-85)71(131)97-45(14-17-58(88)115)74(134)102-50(25-41-29-90-36-92-41)76(136)108-56(33-113)81(141)99-47(16-19-62(120)121)73(133)98-46(15-18-61(118)119)70(130)93-39(5)67(127)106-54(31-111)79(139)96-44(13-9-11-22-86)72(132)104-52(27-63(122)123)78(138)103-51(26-59(89)116)77(137)109-57(34-114)82(142)105-53(84(144)145)28-64(124)125/h29,36-40,42-57,65,111-114,146H,8-28,30-35,85-87H2,1-7H3,(H2,88,115)(H2,89,116)(H,90,92)(H,91,129)(H,93,130)(H,94,143)(H,95,117)(H,96,139)(H,97,131)(H,98,133)(H,99,141)(H,100,140)(H,101,126)(H,102,134)(H,103,138)(H,104,132)(H,105,142)(H,106,127)(H,107,128)(H,108,136)(H,109,137)(H,110,135)(H,118,119)(H,120,121)(H,122,123)(H,124,125)(H,144,145)/t39-,40-,42-,43-,44-,45-,46-,47-,48-,49-,50-,51-,52-,53-,54-,55-,56-,57-,65-/m0/s1. The van der Waals surface area contributed by atoms with Gasteiger partial charge >= 0.3 is 29.8 Å². The number of carboxylic acid groups (broad SMARTS) is 5. The average Bonchev–Trinajstić information content (AvgIpc) is 0.871. The summed E-state index contributed by atoms with van der Waals surface area (Å²) in [6, 6.07) is -34.0. The number of aromatic amines is 1. The molecule has 1 aromatic rings. The van der Waals surface area contributed by atoms with Gasteiger partial charge in [0.25, 0.3) is 0 Å². The van der Waals surface area contributed by atoms with Crippen LogP contribution in [0.1, 0.15) is 156 Å². The molecule has 0 spiro atoms. The number of nitrogens with one attached hydrogen (secondary N) is 20. The van der Waals surface area contributed by atoms with Crippen molar-refractivity contribution in [3.8, 4) is 0 Å². The van der Waals surface area contributed by atoms with Crippen LogP contribution in [0.5, 0.6) is 0 Å². The average molecular weight is 2140 g/mol. The second kappa shape index (κ2) is 69.0. The number of nitrogens with zero attached hydrogens (tertiary/aromatic N) is 1. The Morgan fingerprint density at radius 1 is 0.361 bits per heavy atom.